The number of hydrogen-bond acceptors (Lipinski definition) is 3. The molecule has 2 rings (SSSR count). The molecular weight excluding hydrogens is 239 g/mol. The zero-order valence-electron chi connectivity index (χ0n) is 9.69. The Morgan fingerprint density at radius 1 is 1.39 bits per heavy atom. The van der Waals surface area contributed by atoms with E-state index in [2.05, 4.69) is 5.32 Å². The van der Waals surface area contributed by atoms with E-state index in [4.69, 9.17) is 0 Å². The summed E-state index contributed by atoms with van der Waals surface area (Å²) in [5, 5.41) is 13.4. The number of benzene rings is 1. The Bertz CT molecular complexity index is 484. The van der Waals surface area contributed by atoms with Crippen molar-refractivity contribution in [3.05, 3.63) is 39.7 Å². The molecule has 96 valence electrons. The molecular formula is C12H13FN2O3. The van der Waals surface area contributed by atoms with Crippen LogP contribution in [0.3, 0.4) is 0 Å². The molecule has 18 heavy (non-hydrogen) atoms. The van der Waals surface area contributed by atoms with Gasteiger partial charge in [0.1, 0.15) is 0 Å². The van der Waals surface area contributed by atoms with Crippen LogP contribution in [0.1, 0.15) is 36.0 Å². The molecule has 0 spiro atoms. The van der Waals surface area contributed by atoms with Crippen molar-refractivity contribution in [1.29, 1.82) is 0 Å². The second-order valence-corrected chi connectivity index (χ2v) is 4.38. The maximum Gasteiger partial charge on any atom is 0.305 e. The fourth-order valence-corrected chi connectivity index (χ4v) is 2.13. The highest BCUT2D eigenvalue weighted by molar-refractivity contribution is 5.95. The largest absolute Gasteiger partial charge is 0.349 e. The van der Waals surface area contributed by atoms with Gasteiger partial charge in [-0.05, 0) is 25.0 Å². The third-order valence-corrected chi connectivity index (χ3v) is 3.10. The summed E-state index contributed by atoms with van der Waals surface area (Å²) < 4.78 is 13.1. The topological polar surface area (TPSA) is 72.2 Å². The van der Waals surface area contributed by atoms with Gasteiger partial charge in [0.05, 0.1) is 4.92 Å². The standard InChI is InChI=1S/C12H13FN2O3/c13-10-6-5-8(7-11(10)15(17)18)12(16)14-9-3-1-2-4-9/h5-7,9H,1-4H2,(H,14,16). The second kappa shape index (κ2) is 5.12. The Kier molecular flexibility index (Phi) is 3.55. The number of nitrogens with one attached hydrogen (secondary N) is 1. The van der Waals surface area contributed by atoms with Crippen LogP contribution < -0.4 is 5.32 Å². The van der Waals surface area contributed by atoms with E-state index in [0.717, 1.165) is 37.8 Å². The van der Waals surface area contributed by atoms with Gasteiger partial charge in [-0.3, -0.25) is 14.9 Å². The maximum absolute atomic E-state index is 13.1. The predicted molar refractivity (Wildman–Crippen MR) is 62.8 cm³/mol. The molecule has 1 aliphatic rings. The SMILES string of the molecule is O=C(NC1CCCC1)c1ccc(F)c([N+](=O)[O-])c1. The molecule has 0 aromatic heterocycles. The predicted octanol–water partition coefficient (Wildman–Crippen LogP) is 2.41. The monoisotopic (exact) mass is 252 g/mol. The third-order valence-electron chi connectivity index (χ3n) is 3.10. The number of hydrogen-bond donors (Lipinski definition) is 1. The van der Waals surface area contributed by atoms with E-state index < -0.39 is 16.4 Å². The molecule has 0 radical (unpaired) electrons. The molecule has 1 N–H and O–H groups in total. The Morgan fingerprint density at radius 2 is 2.06 bits per heavy atom. The molecule has 0 unspecified atom stereocenters. The van der Waals surface area contributed by atoms with Crippen molar-refractivity contribution in [3.8, 4) is 0 Å². The van der Waals surface area contributed by atoms with Crippen molar-refractivity contribution in [2.24, 2.45) is 0 Å². The van der Waals surface area contributed by atoms with Crippen LogP contribution in [0, 0.1) is 15.9 Å². The molecule has 1 aliphatic carbocycles. The molecule has 0 aliphatic heterocycles. The van der Waals surface area contributed by atoms with E-state index in [1.54, 1.807) is 0 Å². The highest BCUT2D eigenvalue weighted by Crippen LogP contribution is 2.20. The molecule has 1 aromatic carbocycles. The quantitative estimate of drug-likeness (QED) is 0.663. The van der Waals surface area contributed by atoms with Crippen LogP contribution in [-0.2, 0) is 0 Å². The average molecular weight is 252 g/mol. The first-order chi connectivity index (χ1) is 8.58. The summed E-state index contributed by atoms with van der Waals surface area (Å²) in [5.74, 6) is -1.32. The summed E-state index contributed by atoms with van der Waals surface area (Å²) in [5.41, 5.74) is -0.552. The van der Waals surface area contributed by atoms with Crippen LogP contribution in [0.4, 0.5) is 10.1 Å². The minimum absolute atomic E-state index is 0.120. The summed E-state index contributed by atoms with van der Waals surface area (Å²) in [6.07, 6.45) is 4.01. The van der Waals surface area contributed by atoms with E-state index in [9.17, 15) is 19.3 Å². The minimum atomic E-state index is -0.933. The lowest BCUT2D eigenvalue weighted by atomic mass is 10.1. The van der Waals surface area contributed by atoms with E-state index in [1.165, 1.54) is 6.07 Å². The molecule has 1 aromatic rings. The average Bonchev–Trinajstić information content (AvgIpc) is 2.81. The number of amides is 1. The highest BCUT2D eigenvalue weighted by Gasteiger charge is 2.21. The number of halogens is 1. The van der Waals surface area contributed by atoms with Crippen LogP contribution >= 0.6 is 0 Å². The molecule has 0 bridgehead atoms. The normalized spacial score (nSPS) is 15.6. The van der Waals surface area contributed by atoms with Crippen LogP contribution in [0.25, 0.3) is 0 Å². The van der Waals surface area contributed by atoms with Gasteiger partial charge >= 0.3 is 5.69 Å². The van der Waals surface area contributed by atoms with Gasteiger partial charge in [0.15, 0.2) is 0 Å². The lowest BCUT2D eigenvalue weighted by Gasteiger charge is -2.11. The summed E-state index contributed by atoms with van der Waals surface area (Å²) in [7, 11) is 0. The van der Waals surface area contributed by atoms with Crippen molar-refractivity contribution in [2.45, 2.75) is 31.7 Å². The molecule has 1 saturated carbocycles. The lowest BCUT2D eigenvalue weighted by Crippen LogP contribution is -2.32. The fraction of sp³-hybridized carbons (Fsp3) is 0.417. The van der Waals surface area contributed by atoms with Crippen molar-refractivity contribution in [1.82, 2.24) is 5.32 Å². The second-order valence-electron chi connectivity index (χ2n) is 4.38. The minimum Gasteiger partial charge on any atom is -0.349 e. The molecule has 0 saturated heterocycles. The first-order valence-corrected chi connectivity index (χ1v) is 5.83. The molecule has 0 atom stereocenters. The van der Waals surface area contributed by atoms with E-state index in [1.807, 2.05) is 0 Å². The number of carbonyl (C=O) groups is 1. The van der Waals surface area contributed by atoms with E-state index in [0.29, 0.717) is 0 Å². The lowest BCUT2D eigenvalue weighted by molar-refractivity contribution is -0.387. The van der Waals surface area contributed by atoms with Gasteiger partial charge in [-0.15, -0.1) is 0 Å². The summed E-state index contributed by atoms with van der Waals surface area (Å²) in [4.78, 5) is 21.6. The van der Waals surface area contributed by atoms with Gasteiger partial charge in [0, 0.05) is 17.7 Å². The van der Waals surface area contributed by atoms with Crippen molar-refractivity contribution in [2.75, 3.05) is 0 Å². The van der Waals surface area contributed by atoms with Crippen LogP contribution in [0.5, 0.6) is 0 Å². The first-order valence-electron chi connectivity index (χ1n) is 5.83. The van der Waals surface area contributed by atoms with Crippen LogP contribution in [-0.4, -0.2) is 16.9 Å². The molecule has 0 heterocycles. The molecule has 1 fully saturated rings. The maximum atomic E-state index is 13.1. The Hall–Kier alpha value is -1.98. The van der Waals surface area contributed by atoms with Gasteiger partial charge in [0.2, 0.25) is 5.82 Å². The van der Waals surface area contributed by atoms with Gasteiger partial charge in [-0.25, -0.2) is 0 Å². The number of nitrogens with zero attached hydrogens (tertiary/aromatic N) is 1. The molecule has 1 amide bonds. The molecule has 6 heteroatoms. The van der Waals surface area contributed by atoms with Crippen LogP contribution in [0.2, 0.25) is 0 Å². The third kappa shape index (κ3) is 2.64. The summed E-state index contributed by atoms with van der Waals surface area (Å²) >= 11 is 0. The Labute approximate surface area is 103 Å². The van der Waals surface area contributed by atoms with Gasteiger partial charge in [-0.2, -0.15) is 4.39 Å². The highest BCUT2D eigenvalue weighted by atomic mass is 19.1. The fourth-order valence-electron chi connectivity index (χ4n) is 2.13. The van der Waals surface area contributed by atoms with E-state index in [-0.39, 0.29) is 17.5 Å². The number of nitro groups is 1. The van der Waals surface area contributed by atoms with Gasteiger partial charge in [-0.1, -0.05) is 12.8 Å². The number of carbonyl (C=O) groups excluding carboxylic acids is 1. The number of rotatable bonds is 3. The van der Waals surface area contributed by atoms with Crippen LogP contribution in [0.15, 0.2) is 18.2 Å². The van der Waals surface area contributed by atoms with Crippen molar-refractivity contribution < 1.29 is 14.1 Å². The smallest absolute Gasteiger partial charge is 0.305 e. The summed E-state index contributed by atoms with van der Waals surface area (Å²) in [6, 6.07) is 3.30. The first kappa shape index (κ1) is 12.5. The number of nitro benzene ring substituents is 1. The van der Waals surface area contributed by atoms with E-state index >= 15 is 0 Å². The van der Waals surface area contributed by atoms with Gasteiger partial charge in [0.25, 0.3) is 5.91 Å². The van der Waals surface area contributed by atoms with Gasteiger partial charge < -0.3 is 5.32 Å². The molecule has 5 nitrogen and oxygen atoms in total. The zero-order chi connectivity index (χ0) is 13.1. The Balaban J connectivity index is 2.14. The van der Waals surface area contributed by atoms with Crippen molar-refractivity contribution in [3.63, 3.8) is 0 Å². The zero-order valence-corrected chi connectivity index (χ0v) is 9.69. The Morgan fingerprint density at radius 3 is 2.67 bits per heavy atom. The summed E-state index contributed by atoms with van der Waals surface area (Å²) in [6.45, 7) is 0. The van der Waals surface area contributed by atoms with Crippen molar-refractivity contribution >= 4 is 11.6 Å².